The molecule has 0 fully saturated rings. The Bertz CT molecular complexity index is 171. The molecule has 0 amide bonds. The third-order valence-corrected chi connectivity index (χ3v) is 0. The lowest BCUT2D eigenvalue weighted by atomic mass is 10.6. The third-order valence-electron chi connectivity index (χ3n) is 0. The molecule has 0 bridgehead atoms. The molecule has 0 unspecified atom stereocenters. The summed E-state index contributed by atoms with van der Waals surface area (Å²) >= 11 is 0. The van der Waals surface area contributed by atoms with E-state index in [9.17, 15) is 0 Å². The molecular weight excluding hydrogens is 260 g/mol. The second-order valence-electron chi connectivity index (χ2n) is 2.78. The minimum atomic E-state index is -0.833. The van der Waals surface area contributed by atoms with Crippen LogP contribution in [0, 0.1) is 0 Å². The lowest BCUT2D eigenvalue weighted by Crippen LogP contribution is -1.78. The van der Waals surface area contributed by atoms with Crippen molar-refractivity contribution in [3.8, 4) is 0 Å². The van der Waals surface area contributed by atoms with Gasteiger partial charge in [0, 0.05) is 27.7 Å². The molecular formula is C11H24O8. The van der Waals surface area contributed by atoms with Crippen molar-refractivity contribution >= 4 is 23.9 Å². The van der Waals surface area contributed by atoms with Gasteiger partial charge in [0.05, 0.1) is 0 Å². The van der Waals surface area contributed by atoms with Crippen LogP contribution >= 0.6 is 0 Å². The predicted octanol–water partition coefficient (Wildman–Crippen LogP) is 1.78. The lowest BCUT2D eigenvalue weighted by molar-refractivity contribution is -0.135. The van der Waals surface area contributed by atoms with Crippen molar-refractivity contribution in [1.82, 2.24) is 0 Å². The molecule has 0 saturated carbocycles. The van der Waals surface area contributed by atoms with E-state index in [0.717, 1.165) is 27.7 Å². The van der Waals surface area contributed by atoms with Crippen molar-refractivity contribution in [1.29, 1.82) is 0 Å². The third kappa shape index (κ3) is 681. The average molecular weight is 284 g/mol. The topological polar surface area (TPSA) is 149 Å². The summed E-state index contributed by atoms with van der Waals surface area (Å²) in [6.07, 6.45) is 1.25. The molecule has 0 aliphatic carbocycles. The number of rotatable bonds is 0. The maximum Gasteiger partial charge on any atom is 0.300 e. The fraction of sp³-hybridized carbons (Fsp3) is 0.636. The van der Waals surface area contributed by atoms with Crippen molar-refractivity contribution in [2.75, 3.05) is 0 Å². The van der Waals surface area contributed by atoms with E-state index in [1.54, 1.807) is 0 Å². The largest absolute Gasteiger partial charge is 0.481 e. The molecule has 0 aliphatic heterocycles. The molecule has 4 N–H and O–H groups in total. The molecule has 19 heavy (non-hydrogen) atoms. The van der Waals surface area contributed by atoms with Crippen LogP contribution in [0.5, 0.6) is 0 Å². The van der Waals surface area contributed by atoms with E-state index in [2.05, 4.69) is 13.8 Å². The highest BCUT2D eigenvalue weighted by molar-refractivity contribution is 5.63. The standard InChI is InChI=1S/C3H8.4C2H4O2/c1-3-2;4*1-2(3)4/h3H2,1-2H3;4*1H3,(H,3,4). The van der Waals surface area contributed by atoms with Gasteiger partial charge in [-0.1, -0.05) is 20.3 Å². The van der Waals surface area contributed by atoms with Gasteiger partial charge in [-0.25, -0.2) is 0 Å². The van der Waals surface area contributed by atoms with Crippen molar-refractivity contribution in [2.24, 2.45) is 0 Å². The van der Waals surface area contributed by atoms with Crippen LogP contribution in [0.3, 0.4) is 0 Å². The normalized spacial score (nSPS) is 6.21. The lowest BCUT2D eigenvalue weighted by Gasteiger charge is -1.59. The fourth-order valence-electron chi connectivity index (χ4n) is 0. The zero-order valence-corrected chi connectivity index (χ0v) is 12.1. The van der Waals surface area contributed by atoms with Crippen molar-refractivity contribution in [2.45, 2.75) is 48.0 Å². The zero-order valence-electron chi connectivity index (χ0n) is 12.1. The summed E-state index contributed by atoms with van der Waals surface area (Å²) in [4.78, 5) is 36.0. The maximum atomic E-state index is 9.00. The molecule has 0 aromatic carbocycles. The minimum absolute atomic E-state index is 0.833. The van der Waals surface area contributed by atoms with Gasteiger partial charge in [-0.2, -0.15) is 0 Å². The Labute approximate surface area is 112 Å². The predicted molar refractivity (Wildman–Crippen MR) is 69.2 cm³/mol. The Morgan fingerprint density at radius 3 is 0.579 bits per heavy atom. The summed E-state index contributed by atoms with van der Waals surface area (Å²) in [6.45, 7) is 8.58. The molecule has 0 saturated heterocycles. The first-order valence-corrected chi connectivity index (χ1v) is 5.13. The molecule has 0 heterocycles. The number of carbonyl (C=O) groups is 4. The summed E-state index contributed by atoms with van der Waals surface area (Å²) < 4.78 is 0. The van der Waals surface area contributed by atoms with Crippen LogP contribution in [-0.4, -0.2) is 44.3 Å². The smallest absolute Gasteiger partial charge is 0.300 e. The second-order valence-corrected chi connectivity index (χ2v) is 2.78. The molecule has 0 aliphatic rings. The van der Waals surface area contributed by atoms with E-state index < -0.39 is 23.9 Å². The van der Waals surface area contributed by atoms with Gasteiger partial charge in [0.25, 0.3) is 23.9 Å². The summed E-state index contributed by atoms with van der Waals surface area (Å²) in [5, 5.41) is 29.7. The summed E-state index contributed by atoms with van der Waals surface area (Å²) in [6, 6.07) is 0. The monoisotopic (exact) mass is 284 g/mol. The van der Waals surface area contributed by atoms with E-state index in [1.807, 2.05) is 0 Å². The number of hydrogen-bond donors (Lipinski definition) is 4. The molecule has 8 nitrogen and oxygen atoms in total. The van der Waals surface area contributed by atoms with E-state index in [0.29, 0.717) is 0 Å². The number of carboxylic acid groups (broad SMARTS) is 4. The number of carboxylic acids is 4. The second kappa shape index (κ2) is 29.7. The molecule has 0 radical (unpaired) electrons. The Kier molecular flexibility index (Phi) is 47.2. The van der Waals surface area contributed by atoms with E-state index in [4.69, 9.17) is 39.6 Å². The first kappa shape index (κ1) is 30.2. The van der Waals surface area contributed by atoms with Crippen LogP contribution in [0.4, 0.5) is 0 Å². The molecule has 0 spiro atoms. The first-order valence-electron chi connectivity index (χ1n) is 5.13. The molecule has 116 valence electrons. The molecule has 8 heteroatoms. The van der Waals surface area contributed by atoms with Crippen molar-refractivity contribution < 1.29 is 39.6 Å². The maximum absolute atomic E-state index is 9.00. The van der Waals surface area contributed by atoms with Gasteiger partial charge >= 0.3 is 0 Å². The van der Waals surface area contributed by atoms with Crippen LogP contribution in [-0.2, 0) is 19.2 Å². The molecule has 0 aromatic heterocycles. The summed E-state index contributed by atoms with van der Waals surface area (Å²) in [5.41, 5.74) is 0. The SMILES string of the molecule is CC(=O)O.CC(=O)O.CC(=O)O.CC(=O)O.CCC. The Balaban J connectivity index is -0.0000000432. The fourth-order valence-corrected chi connectivity index (χ4v) is 0. The van der Waals surface area contributed by atoms with Crippen LogP contribution in [0.25, 0.3) is 0 Å². The summed E-state index contributed by atoms with van der Waals surface area (Å²) in [7, 11) is 0. The number of hydrogen-bond acceptors (Lipinski definition) is 4. The highest BCUT2D eigenvalue weighted by Gasteiger charge is 1.66. The first-order chi connectivity index (χ1) is 8.34. The zero-order chi connectivity index (χ0) is 17.0. The van der Waals surface area contributed by atoms with Gasteiger partial charge < -0.3 is 20.4 Å². The van der Waals surface area contributed by atoms with Gasteiger partial charge in [-0.3, -0.25) is 19.2 Å². The van der Waals surface area contributed by atoms with Crippen molar-refractivity contribution in [3.05, 3.63) is 0 Å². The Morgan fingerprint density at radius 1 is 0.579 bits per heavy atom. The van der Waals surface area contributed by atoms with E-state index in [-0.39, 0.29) is 0 Å². The quantitative estimate of drug-likeness (QED) is 0.525. The highest BCUT2D eigenvalue weighted by atomic mass is 16.4. The van der Waals surface area contributed by atoms with E-state index in [1.165, 1.54) is 6.42 Å². The molecule has 0 rings (SSSR count). The van der Waals surface area contributed by atoms with Gasteiger partial charge in [0.1, 0.15) is 0 Å². The Hall–Kier alpha value is -2.12. The van der Waals surface area contributed by atoms with E-state index >= 15 is 0 Å². The van der Waals surface area contributed by atoms with Crippen molar-refractivity contribution in [3.63, 3.8) is 0 Å². The minimum Gasteiger partial charge on any atom is -0.481 e. The van der Waals surface area contributed by atoms with Gasteiger partial charge in [-0.15, -0.1) is 0 Å². The highest BCUT2D eigenvalue weighted by Crippen LogP contribution is 1.56. The van der Waals surface area contributed by atoms with Gasteiger partial charge in [-0.05, 0) is 0 Å². The van der Waals surface area contributed by atoms with Crippen LogP contribution < -0.4 is 0 Å². The average Bonchev–Trinajstić information content (AvgIpc) is 1.97. The van der Waals surface area contributed by atoms with Crippen LogP contribution in [0.1, 0.15) is 48.0 Å². The van der Waals surface area contributed by atoms with Gasteiger partial charge in [0.15, 0.2) is 0 Å². The van der Waals surface area contributed by atoms with Crippen LogP contribution in [0.2, 0.25) is 0 Å². The number of aliphatic carboxylic acids is 4. The molecule has 0 aromatic rings. The Morgan fingerprint density at radius 2 is 0.579 bits per heavy atom. The van der Waals surface area contributed by atoms with Gasteiger partial charge in [0.2, 0.25) is 0 Å². The molecule has 0 atom stereocenters. The summed E-state index contributed by atoms with van der Waals surface area (Å²) in [5.74, 6) is -3.33. The van der Waals surface area contributed by atoms with Crippen LogP contribution in [0.15, 0.2) is 0 Å².